The van der Waals surface area contributed by atoms with E-state index in [0.29, 0.717) is 11.8 Å². The van der Waals surface area contributed by atoms with Gasteiger partial charge in [0.05, 0.1) is 0 Å². The molecular formula is C17H28IN3O. The number of phenolic OH excluding ortho intramolecular Hbond substituents is 1. The van der Waals surface area contributed by atoms with Crippen molar-refractivity contribution in [1.82, 2.24) is 10.6 Å². The predicted octanol–water partition coefficient (Wildman–Crippen LogP) is 3.44. The molecule has 3 N–H and O–H groups in total. The first-order valence-electron chi connectivity index (χ1n) is 8.03. The molecule has 0 amide bonds. The van der Waals surface area contributed by atoms with Crippen LogP contribution in [0.15, 0.2) is 29.3 Å². The molecule has 22 heavy (non-hydrogen) atoms. The maximum absolute atomic E-state index is 9.25. The Balaban J connectivity index is 0.00000242. The molecule has 0 bridgehead atoms. The number of halogens is 1. The number of aryl methyl sites for hydroxylation is 1. The van der Waals surface area contributed by atoms with E-state index in [1.54, 1.807) is 12.1 Å². The molecule has 0 unspecified atom stereocenters. The number of hydrogen-bond acceptors (Lipinski definition) is 2. The molecule has 2 rings (SSSR count). The van der Waals surface area contributed by atoms with Crippen LogP contribution >= 0.6 is 24.0 Å². The molecule has 0 saturated heterocycles. The van der Waals surface area contributed by atoms with Crippen LogP contribution in [0.25, 0.3) is 0 Å². The lowest BCUT2D eigenvalue weighted by Crippen LogP contribution is -2.44. The fraction of sp³-hybridized carbons (Fsp3) is 0.588. The molecule has 0 spiro atoms. The minimum Gasteiger partial charge on any atom is -0.508 e. The number of aromatic hydroxyl groups is 1. The van der Waals surface area contributed by atoms with Crippen LogP contribution in [0, 0.1) is 0 Å². The highest BCUT2D eigenvalue weighted by molar-refractivity contribution is 14.0. The van der Waals surface area contributed by atoms with Crippen LogP contribution in [-0.2, 0) is 6.42 Å². The maximum Gasteiger partial charge on any atom is 0.191 e. The molecule has 5 heteroatoms. The monoisotopic (exact) mass is 417 g/mol. The molecule has 0 heterocycles. The number of rotatable bonds is 5. The minimum absolute atomic E-state index is 0. The van der Waals surface area contributed by atoms with E-state index in [2.05, 4.69) is 15.6 Å². The fourth-order valence-electron chi connectivity index (χ4n) is 2.80. The van der Waals surface area contributed by atoms with Gasteiger partial charge in [-0.2, -0.15) is 0 Å². The van der Waals surface area contributed by atoms with Gasteiger partial charge in [0.2, 0.25) is 0 Å². The number of aliphatic imine (C=N–C) groups is 1. The summed E-state index contributed by atoms with van der Waals surface area (Å²) in [5, 5.41) is 16.2. The Bertz CT molecular complexity index is 442. The van der Waals surface area contributed by atoms with Crippen molar-refractivity contribution in [3.63, 3.8) is 0 Å². The predicted molar refractivity (Wildman–Crippen MR) is 103 cm³/mol. The van der Waals surface area contributed by atoms with Gasteiger partial charge in [0.25, 0.3) is 0 Å². The van der Waals surface area contributed by atoms with Crippen LogP contribution in [0.5, 0.6) is 5.75 Å². The fourth-order valence-corrected chi connectivity index (χ4v) is 2.80. The van der Waals surface area contributed by atoms with Crippen LogP contribution in [-0.4, -0.2) is 30.7 Å². The summed E-state index contributed by atoms with van der Waals surface area (Å²) in [4.78, 5) is 4.30. The number of benzene rings is 1. The Morgan fingerprint density at radius 3 is 2.50 bits per heavy atom. The van der Waals surface area contributed by atoms with E-state index in [9.17, 15) is 5.11 Å². The average molecular weight is 417 g/mol. The molecule has 0 radical (unpaired) electrons. The van der Waals surface area contributed by atoms with Gasteiger partial charge in [-0.15, -0.1) is 24.0 Å². The second-order valence-electron chi connectivity index (χ2n) is 5.75. The summed E-state index contributed by atoms with van der Waals surface area (Å²) in [6.07, 6.45) is 8.61. The summed E-state index contributed by atoms with van der Waals surface area (Å²) < 4.78 is 0. The molecule has 1 aliphatic rings. The summed E-state index contributed by atoms with van der Waals surface area (Å²) in [6.45, 7) is 0.910. The van der Waals surface area contributed by atoms with Gasteiger partial charge in [0, 0.05) is 19.6 Å². The first-order chi connectivity index (χ1) is 10.3. The number of phenols is 1. The van der Waals surface area contributed by atoms with Crippen LogP contribution < -0.4 is 10.6 Å². The second kappa shape index (κ2) is 10.7. The van der Waals surface area contributed by atoms with Crippen molar-refractivity contribution in [2.24, 2.45) is 4.99 Å². The Kier molecular flexibility index (Phi) is 9.27. The van der Waals surface area contributed by atoms with E-state index >= 15 is 0 Å². The number of nitrogens with one attached hydrogen (secondary N) is 2. The summed E-state index contributed by atoms with van der Waals surface area (Å²) >= 11 is 0. The molecule has 4 nitrogen and oxygen atoms in total. The molecule has 1 aliphatic carbocycles. The third kappa shape index (κ3) is 6.85. The second-order valence-corrected chi connectivity index (χ2v) is 5.75. The number of hydrogen-bond donors (Lipinski definition) is 3. The largest absolute Gasteiger partial charge is 0.508 e. The highest BCUT2D eigenvalue weighted by atomic mass is 127. The lowest BCUT2D eigenvalue weighted by Gasteiger charge is -2.24. The molecule has 1 fully saturated rings. The number of guanidine groups is 1. The number of nitrogens with zero attached hydrogens (tertiary/aromatic N) is 1. The third-order valence-electron chi connectivity index (χ3n) is 4.04. The first-order valence-corrected chi connectivity index (χ1v) is 8.03. The lowest BCUT2D eigenvalue weighted by atomic mass is 9.96. The van der Waals surface area contributed by atoms with Gasteiger partial charge in [-0.25, -0.2) is 0 Å². The van der Waals surface area contributed by atoms with E-state index < -0.39 is 0 Å². The molecule has 0 aliphatic heterocycles. The van der Waals surface area contributed by atoms with E-state index in [1.807, 2.05) is 19.2 Å². The topological polar surface area (TPSA) is 56.7 Å². The average Bonchev–Trinajstić information content (AvgIpc) is 2.53. The minimum atomic E-state index is 0. The Morgan fingerprint density at radius 2 is 1.86 bits per heavy atom. The van der Waals surface area contributed by atoms with Crippen molar-refractivity contribution in [2.45, 2.75) is 51.0 Å². The highest BCUT2D eigenvalue weighted by Gasteiger charge is 2.13. The molecule has 124 valence electrons. The van der Waals surface area contributed by atoms with Crippen LogP contribution in [0.4, 0.5) is 0 Å². The Hall–Kier alpha value is -0.980. The van der Waals surface area contributed by atoms with Crippen molar-refractivity contribution in [1.29, 1.82) is 0 Å². The van der Waals surface area contributed by atoms with Gasteiger partial charge in [-0.3, -0.25) is 4.99 Å². The highest BCUT2D eigenvalue weighted by Crippen LogP contribution is 2.17. The Morgan fingerprint density at radius 1 is 1.18 bits per heavy atom. The Labute approximate surface area is 150 Å². The van der Waals surface area contributed by atoms with Crippen molar-refractivity contribution < 1.29 is 5.11 Å². The maximum atomic E-state index is 9.25. The zero-order valence-corrected chi connectivity index (χ0v) is 15.7. The van der Waals surface area contributed by atoms with E-state index in [1.165, 1.54) is 37.7 Å². The van der Waals surface area contributed by atoms with E-state index in [-0.39, 0.29) is 24.0 Å². The SMILES string of the molecule is CN=C(NCCCc1ccc(O)cc1)NC1CCCCC1.I. The molecule has 1 saturated carbocycles. The molecule has 1 aromatic rings. The summed E-state index contributed by atoms with van der Waals surface area (Å²) in [6, 6.07) is 8.02. The van der Waals surface area contributed by atoms with Crippen molar-refractivity contribution in [3.8, 4) is 5.75 Å². The first kappa shape index (κ1) is 19.1. The normalized spacial score (nSPS) is 16.0. The van der Waals surface area contributed by atoms with Gasteiger partial charge in [0.15, 0.2) is 5.96 Å². The smallest absolute Gasteiger partial charge is 0.191 e. The van der Waals surface area contributed by atoms with Gasteiger partial charge in [0.1, 0.15) is 5.75 Å². The van der Waals surface area contributed by atoms with Crippen LogP contribution in [0.3, 0.4) is 0 Å². The van der Waals surface area contributed by atoms with Crippen molar-refractivity contribution in [3.05, 3.63) is 29.8 Å². The molecule has 1 aromatic carbocycles. The van der Waals surface area contributed by atoms with Gasteiger partial charge < -0.3 is 15.7 Å². The quantitative estimate of drug-likeness (QED) is 0.298. The van der Waals surface area contributed by atoms with E-state index in [0.717, 1.165) is 25.3 Å². The summed E-state index contributed by atoms with van der Waals surface area (Å²) in [5.41, 5.74) is 1.25. The standard InChI is InChI=1S/C17H27N3O.HI/c1-18-17(20-15-7-3-2-4-8-15)19-13-5-6-14-9-11-16(21)12-10-14;/h9-12,15,21H,2-8,13H2,1H3,(H2,18,19,20);1H. The van der Waals surface area contributed by atoms with Crippen molar-refractivity contribution in [2.75, 3.05) is 13.6 Å². The van der Waals surface area contributed by atoms with E-state index in [4.69, 9.17) is 0 Å². The zero-order chi connectivity index (χ0) is 14.9. The third-order valence-corrected chi connectivity index (χ3v) is 4.04. The summed E-state index contributed by atoms with van der Waals surface area (Å²) in [5.74, 6) is 1.25. The molecule has 0 aromatic heterocycles. The van der Waals surface area contributed by atoms with Gasteiger partial charge >= 0.3 is 0 Å². The van der Waals surface area contributed by atoms with Crippen LogP contribution in [0.2, 0.25) is 0 Å². The summed E-state index contributed by atoms with van der Waals surface area (Å²) in [7, 11) is 1.83. The molecular weight excluding hydrogens is 389 g/mol. The van der Waals surface area contributed by atoms with Crippen LogP contribution in [0.1, 0.15) is 44.1 Å². The van der Waals surface area contributed by atoms with Crippen molar-refractivity contribution >= 4 is 29.9 Å². The zero-order valence-electron chi connectivity index (χ0n) is 13.3. The lowest BCUT2D eigenvalue weighted by molar-refractivity contribution is 0.410. The van der Waals surface area contributed by atoms with Gasteiger partial charge in [-0.05, 0) is 43.4 Å². The van der Waals surface area contributed by atoms with Gasteiger partial charge in [-0.1, -0.05) is 31.4 Å². The molecule has 0 atom stereocenters.